The summed E-state index contributed by atoms with van der Waals surface area (Å²) in [5, 5.41) is 0. The van der Waals surface area contributed by atoms with Gasteiger partial charge in [0.25, 0.3) is 0 Å². The second-order valence-electron chi connectivity index (χ2n) is 11.3. The molecule has 6 aromatic carbocycles. The van der Waals surface area contributed by atoms with Gasteiger partial charge in [-0.25, -0.2) is 0 Å². The van der Waals surface area contributed by atoms with Crippen LogP contribution in [0.25, 0.3) is 34.4 Å². The van der Waals surface area contributed by atoms with E-state index in [0.29, 0.717) is 0 Å². The van der Waals surface area contributed by atoms with Crippen LogP contribution in [0.5, 0.6) is 0 Å². The monoisotopic (exact) mass is 689 g/mol. The van der Waals surface area contributed by atoms with Gasteiger partial charge < -0.3 is 34.4 Å². The maximum atomic E-state index is 8.07. The summed E-state index contributed by atoms with van der Waals surface area (Å²) in [5.74, 6) is 0. The van der Waals surface area contributed by atoms with E-state index in [4.69, 9.17) is 34.4 Å². The minimum absolute atomic E-state index is 0. The van der Waals surface area contributed by atoms with Crippen LogP contribution in [-0.4, -0.2) is 0 Å². The standard InChI is InChI=1S/3C14H14N2.Co/c3*15-13(11-7-3-1-4-8-11)14(16)12-9-5-2-6-10-12;/h3*1-10,13-16H;/q3*-2;/t3*13-,14-;/m000./s1. The molecule has 6 nitrogen and oxygen atoms in total. The van der Waals surface area contributed by atoms with E-state index in [0.717, 1.165) is 33.4 Å². The normalized spacial score (nSPS) is 14.1. The molecule has 0 fully saturated rings. The molecule has 255 valence electrons. The molecule has 6 aromatic rings. The summed E-state index contributed by atoms with van der Waals surface area (Å²) >= 11 is 0. The molecule has 0 unspecified atom stereocenters. The zero-order valence-electron chi connectivity index (χ0n) is 27.1. The van der Waals surface area contributed by atoms with E-state index in [2.05, 4.69) is 0 Å². The Hall–Kier alpha value is -4.41. The zero-order valence-corrected chi connectivity index (χ0v) is 28.2. The molecular formula is C42H42CoN6-6. The van der Waals surface area contributed by atoms with E-state index in [1.165, 1.54) is 0 Å². The Morgan fingerprint density at radius 3 is 0.408 bits per heavy atom. The van der Waals surface area contributed by atoms with Crippen molar-refractivity contribution in [3.63, 3.8) is 0 Å². The first kappa shape index (κ1) is 39.0. The molecule has 0 aliphatic carbocycles. The maximum absolute atomic E-state index is 8.07. The molecular weight excluding hydrogens is 647 g/mol. The molecule has 1 radical (unpaired) electrons. The Bertz CT molecular complexity index is 1360. The molecule has 49 heavy (non-hydrogen) atoms. The van der Waals surface area contributed by atoms with Crippen LogP contribution in [0.3, 0.4) is 0 Å². The van der Waals surface area contributed by atoms with Gasteiger partial charge in [0.1, 0.15) is 0 Å². The minimum atomic E-state index is -0.524. The summed E-state index contributed by atoms with van der Waals surface area (Å²) in [4.78, 5) is 0. The Labute approximate surface area is 301 Å². The fourth-order valence-corrected chi connectivity index (χ4v) is 5.12. The summed E-state index contributed by atoms with van der Waals surface area (Å²) in [7, 11) is 0. The molecule has 0 aliphatic rings. The zero-order chi connectivity index (χ0) is 34.1. The third kappa shape index (κ3) is 11.9. The van der Waals surface area contributed by atoms with Crippen LogP contribution in [0.1, 0.15) is 69.6 Å². The molecule has 0 aromatic heterocycles. The number of nitrogens with one attached hydrogen (secondary N) is 6. The minimum Gasteiger partial charge on any atom is -0.672 e. The number of rotatable bonds is 9. The van der Waals surface area contributed by atoms with E-state index in [1.54, 1.807) is 0 Å². The molecule has 6 rings (SSSR count). The van der Waals surface area contributed by atoms with Crippen LogP contribution in [-0.2, 0) is 16.8 Å². The van der Waals surface area contributed by atoms with Gasteiger partial charge >= 0.3 is 0 Å². The summed E-state index contributed by atoms with van der Waals surface area (Å²) < 4.78 is 0. The van der Waals surface area contributed by atoms with Crippen LogP contribution < -0.4 is 0 Å². The first-order valence-electron chi connectivity index (χ1n) is 15.9. The molecule has 0 aliphatic heterocycles. The first-order valence-corrected chi connectivity index (χ1v) is 15.9. The Kier molecular flexibility index (Phi) is 16.6. The van der Waals surface area contributed by atoms with Crippen molar-refractivity contribution < 1.29 is 16.8 Å². The average molecular weight is 690 g/mol. The molecule has 6 N–H and O–H groups in total. The quantitative estimate of drug-likeness (QED) is 0.142. The van der Waals surface area contributed by atoms with Crippen molar-refractivity contribution in [3.8, 4) is 0 Å². The van der Waals surface area contributed by atoms with Crippen molar-refractivity contribution in [1.29, 1.82) is 0 Å². The van der Waals surface area contributed by atoms with Crippen molar-refractivity contribution >= 4 is 0 Å². The molecule has 0 spiro atoms. The van der Waals surface area contributed by atoms with Crippen LogP contribution in [0.4, 0.5) is 0 Å². The molecule has 0 saturated carbocycles. The number of benzene rings is 6. The van der Waals surface area contributed by atoms with Crippen molar-refractivity contribution in [2.45, 2.75) is 36.3 Å². The first-order chi connectivity index (χ1) is 23.4. The van der Waals surface area contributed by atoms with Crippen molar-refractivity contribution in [2.24, 2.45) is 0 Å². The van der Waals surface area contributed by atoms with Gasteiger partial charge in [0.2, 0.25) is 0 Å². The SMILES string of the molecule is [Co].[NH-][C@@H](c1ccccc1)[C@@H]([NH-])c1ccccc1.[NH-][C@@H](c1ccccc1)[C@@H]([NH-])c1ccccc1.[NH-][C@@H](c1ccccc1)[C@@H]([NH-])c1ccccc1. The van der Waals surface area contributed by atoms with Crippen molar-refractivity contribution in [2.75, 3.05) is 0 Å². The Morgan fingerprint density at radius 2 is 0.306 bits per heavy atom. The van der Waals surface area contributed by atoms with Gasteiger partial charge in [-0.15, -0.1) is 36.3 Å². The van der Waals surface area contributed by atoms with Crippen molar-refractivity contribution in [1.82, 2.24) is 0 Å². The fourth-order valence-electron chi connectivity index (χ4n) is 5.12. The Morgan fingerprint density at radius 1 is 0.204 bits per heavy atom. The molecule has 0 heterocycles. The summed E-state index contributed by atoms with van der Waals surface area (Å²) in [6.07, 6.45) is 0. The van der Waals surface area contributed by atoms with E-state index in [9.17, 15) is 0 Å². The van der Waals surface area contributed by atoms with Gasteiger partial charge in [0.15, 0.2) is 0 Å². The predicted molar refractivity (Wildman–Crippen MR) is 201 cm³/mol. The second kappa shape index (κ2) is 20.8. The smallest absolute Gasteiger partial charge is 0 e. The van der Waals surface area contributed by atoms with Gasteiger partial charge in [0, 0.05) is 16.8 Å². The number of hydrogen-bond donors (Lipinski definition) is 0. The largest absolute Gasteiger partial charge is 0.672 e. The fraction of sp³-hybridized carbons (Fsp3) is 0.143. The van der Waals surface area contributed by atoms with Crippen molar-refractivity contribution in [3.05, 3.63) is 250 Å². The van der Waals surface area contributed by atoms with E-state index >= 15 is 0 Å². The summed E-state index contributed by atoms with van der Waals surface area (Å²) in [6.45, 7) is 0. The molecule has 6 atom stereocenters. The number of hydrogen-bond acceptors (Lipinski definition) is 0. The Balaban J connectivity index is 0.000000197. The van der Waals surface area contributed by atoms with Gasteiger partial charge in [-0.05, 0) is 0 Å². The summed E-state index contributed by atoms with van der Waals surface area (Å²) in [6, 6.07) is 54.2. The van der Waals surface area contributed by atoms with Gasteiger partial charge in [0.05, 0.1) is 0 Å². The maximum Gasteiger partial charge on any atom is 0 e. The van der Waals surface area contributed by atoms with Gasteiger partial charge in [-0.2, -0.15) is 0 Å². The predicted octanol–water partition coefficient (Wildman–Crippen LogP) is 13.7. The molecule has 0 saturated heterocycles. The van der Waals surface area contributed by atoms with E-state index < -0.39 is 36.3 Å². The van der Waals surface area contributed by atoms with Crippen LogP contribution in [0.2, 0.25) is 0 Å². The molecule has 7 heteroatoms. The molecule has 0 bridgehead atoms. The second-order valence-corrected chi connectivity index (χ2v) is 11.3. The van der Waals surface area contributed by atoms with E-state index in [1.807, 2.05) is 182 Å². The third-order valence-electron chi connectivity index (χ3n) is 7.95. The molecule has 0 amide bonds. The topological polar surface area (TPSA) is 143 Å². The van der Waals surface area contributed by atoms with Crippen LogP contribution in [0.15, 0.2) is 182 Å². The van der Waals surface area contributed by atoms with E-state index in [-0.39, 0.29) is 16.8 Å². The van der Waals surface area contributed by atoms with Gasteiger partial charge in [-0.1, -0.05) is 215 Å². The van der Waals surface area contributed by atoms with Crippen LogP contribution in [0, 0.1) is 0 Å². The van der Waals surface area contributed by atoms with Crippen LogP contribution >= 0.6 is 0 Å². The third-order valence-corrected chi connectivity index (χ3v) is 7.95. The average Bonchev–Trinajstić information content (AvgIpc) is 3.18. The summed E-state index contributed by atoms with van der Waals surface area (Å²) in [5.41, 5.74) is 53.8. The van der Waals surface area contributed by atoms with Gasteiger partial charge in [-0.3, -0.25) is 0 Å².